The maximum Gasteiger partial charge on any atom is 0.224 e. The summed E-state index contributed by atoms with van der Waals surface area (Å²) in [5, 5.41) is 3.13. The second kappa shape index (κ2) is 7.69. The van der Waals surface area contributed by atoms with Crippen LogP contribution in [0.3, 0.4) is 0 Å². The van der Waals surface area contributed by atoms with Crippen molar-refractivity contribution in [3.05, 3.63) is 23.8 Å². The second-order valence-electron chi connectivity index (χ2n) is 5.34. The summed E-state index contributed by atoms with van der Waals surface area (Å²) in [6.07, 6.45) is 4.95. The number of methoxy groups -OCH3 is 2. The van der Waals surface area contributed by atoms with E-state index in [1.807, 2.05) is 18.2 Å². The van der Waals surface area contributed by atoms with Crippen LogP contribution >= 0.6 is 15.9 Å². The molecule has 5 heteroatoms. The van der Waals surface area contributed by atoms with Crippen LogP contribution in [0, 0.1) is 0 Å². The first-order chi connectivity index (χ1) is 10.1. The number of amides is 1. The molecular weight excluding hydrogens is 334 g/mol. The molecule has 0 saturated heterocycles. The van der Waals surface area contributed by atoms with Crippen LogP contribution < -0.4 is 14.8 Å². The number of halogens is 1. The highest BCUT2D eigenvalue weighted by atomic mass is 79.9. The van der Waals surface area contributed by atoms with E-state index in [0.717, 1.165) is 18.4 Å². The Balaban J connectivity index is 1.96. The van der Waals surface area contributed by atoms with Crippen LogP contribution in [0.25, 0.3) is 0 Å². The summed E-state index contributed by atoms with van der Waals surface area (Å²) in [4.78, 5) is 12.6. The number of carbonyl (C=O) groups excluding carboxylic acids is 1. The zero-order valence-electron chi connectivity index (χ0n) is 12.5. The van der Waals surface area contributed by atoms with Gasteiger partial charge in [-0.25, -0.2) is 0 Å². The van der Waals surface area contributed by atoms with Gasteiger partial charge in [0.2, 0.25) is 5.91 Å². The lowest BCUT2D eigenvalue weighted by molar-refractivity contribution is -0.121. The van der Waals surface area contributed by atoms with E-state index in [4.69, 9.17) is 9.47 Å². The molecule has 2 rings (SSSR count). The van der Waals surface area contributed by atoms with Crippen LogP contribution in [0.1, 0.15) is 31.2 Å². The van der Waals surface area contributed by atoms with Gasteiger partial charge in [0.25, 0.3) is 0 Å². The quantitative estimate of drug-likeness (QED) is 0.825. The molecule has 0 bridgehead atoms. The molecule has 0 heterocycles. The molecule has 1 aliphatic carbocycles. The van der Waals surface area contributed by atoms with E-state index in [-0.39, 0.29) is 11.9 Å². The van der Waals surface area contributed by atoms with Gasteiger partial charge in [-0.05, 0) is 30.5 Å². The van der Waals surface area contributed by atoms with Crippen molar-refractivity contribution in [3.8, 4) is 11.5 Å². The number of nitrogens with one attached hydrogen (secondary N) is 1. The Kier molecular flexibility index (Phi) is 5.91. The standard InChI is InChI=1S/C16H22BrNO3/c1-20-14-8-7-11(9-15(14)21-2)10-16(19)18-13-6-4-3-5-12(13)17/h7-9,12-13H,3-6,10H2,1-2H3,(H,18,19). The highest BCUT2D eigenvalue weighted by molar-refractivity contribution is 9.09. The third-order valence-corrected chi connectivity index (χ3v) is 4.94. The van der Waals surface area contributed by atoms with Crippen molar-refractivity contribution in [2.24, 2.45) is 0 Å². The van der Waals surface area contributed by atoms with Crippen molar-refractivity contribution >= 4 is 21.8 Å². The molecular formula is C16H22BrNO3. The Morgan fingerprint density at radius 2 is 1.95 bits per heavy atom. The van der Waals surface area contributed by atoms with Crippen molar-refractivity contribution in [2.75, 3.05) is 14.2 Å². The molecule has 0 radical (unpaired) electrons. The molecule has 1 amide bonds. The van der Waals surface area contributed by atoms with E-state index in [2.05, 4.69) is 21.2 Å². The van der Waals surface area contributed by atoms with Crippen molar-refractivity contribution in [1.82, 2.24) is 5.32 Å². The summed E-state index contributed by atoms with van der Waals surface area (Å²) in [6, 6.07) is 5.82. The predicted molar refractivity (Wildman–Crippen MR) is 86.4 cm³/mol. The van der Waals surface area contributed by atoms with Gasteiger partial charge in [-0.2, -0.15) is 0 Å². The summed E-state index contributed by atoms with van der Waals surface area (Å²) in [6.45, 7) is 0. The normalized spacial score (nSPS) is 21.7. The van der Waals surface area contributed by atoms with Gasteiger partial charge in [0.1, 0.15) is 0 Å². The highest BCUT2D eigenvalue weighted by Gasteiger charge is 2.24. The largest absolute Gasteiger partial charge is 0.493 e. The summed E-state index contributed by atoms with van der Waals surface area (Å²) in [7, 11) is 3.20. The van der Waals surface area contributed by atoms with Gasteiger partial charge >= 0.3 is 0 Å². The molecule has 1 N–H and O–H groups in total. The number of hydrogen-bond acceptors (Lipinski definition) is 3. The van der Waals surface area contributed by atoms with Crippen LogP contribution in [-0.4, -0.2) is 31.0 Å². The SMILES string of the molecule is COc1ccc(CC(=O)NC2CCCCC2Br)cc1OC. The zero-order chi connectivity index (χ0) is 15.2. The molecule has 0 aliphatic heterocycles. The summed E-state index contributed by atoms with van der Waals surface area (Å²) >= 11 is 3.66. The Labute approximate surface area is 134 Å². The lowest BCUT2D eigenvalue weighted by Gasteiger charge is -2.28. The number of benzene rings is 1. The third-order valence-electron chi connectivity index (χ3n) is 3.84. The second-order valence-corrected chi connectivity index (χ2v) is 6.52. The van der Waals surface area contributed by atoms with E-state index >= 15 is 0 Å². The molecule has 0 aromatic heterocycles. The maximum absolute atomic E-state index is 12.2. The molecule has 2 atom stereocenters. The molecule has 21 heavy (non-hydrogen) atoms. The van der Waals surface area contributed by atoms with Gasteiger partial charge < -0.3 is 14.8 Å². The molecule has 1 aliphatic rings. The van der Waals surface area contributed by atoms with Crippen molar-refractivity contribution in [3.63, 3.8) is 0 Å². The van der Waals surface area contributed by atoms with Gasteiger partial charge in [0.05, 0.1) is 20.6 Å². The van der Waals surface area contributed by atoms with Crippen molar-refractivity contribution in [2.45, 2.75) is 43.0 Å². The van der Waals surface area contributed by atoms with Gasteiger partial charge in [0, 0.05) is 10.9 Å². The molecule has 4 nitrogen and oxygen atoms in total. The average molecular weight is 356 g/mol. The fourth-order valence-corrected chi connectivity index (χ4v) is 3.40. The van der Waals surface area contributed by atoms with Crippen molar-refractivity contribution in [1.29, 1.82) is 0 Å². The minimum atomic E-state index is 0.0542. The van der Waals surface area contributed by atoms with Crippen molar-refractivity contribution < 1.29 is 14.3 Å². The van der Waals surface area contributed by atoms with Crippen LogP contribution in [-0.2, 0) is 11.2 Å². The van der Waals surface area contributed by atoms with E-state index in [9.17, 15) is 4.79 Å². The molecule has 116 valence electrons. The number of alkyl halides is 1. The first kappa shape index (κ1) is 16.1. The lowest BCUT2D eigenvalue weighted by Crippen LogP contribution is -2.43. The fourth-order valence-electron chi connectivity index (χ4n) is 2.68. The molecule has 1 aromatic carbocycles. The Bertz CT molecular complexity index is 492. The summed E-state index contributed by atoms with van der Waals surface area (Å²) < 4.78 is 10.5. The average Bonchev–Trinajstić information content (AvgIpc) is 2.49. The number of ether oxygens (including phenoxy) is 2. The minimum absolute atomic E-state index is 0.0542. The first-order valence-corrected chi connectivity index (χ1v) is 8.20. The summed E-state index contributed by atoms with van der Waals surface area (Å²) in [5.74, 6) is 1.38. The summed E-state index contributed by atoms with van der Waals surface area (Å²) in [5.41, 5.74) is 0.923. The molecule has 0 spiro atoms. The molecule has 1 aromatic rings. The smallest absolute Gasteiger partial charge is 0.224 e. The zero-order valence-corrected chi connectivity index (χ0v) is 14.1. The number of carbonyl (C=O) groups is 1. The Morgan fingerprint density at radius 1 is 1.24 bits per heavy atom. The predicted octanol–water partition coefficient (Wildman–Crippen LogP) is 3.07. The Hall–Kier alpha value is -1.23. The molecule has 1 saturated carbocycles. The number of rotatable bonds is 5. The van der Waals surface area contributed by atoms with E-state index in [1.54, 1.807) is 14.2 Å². The third kappa shape index (κ3) is 4.37. The van der Waals surface area contributed by atoms with Gasteiger partial charge in [-0.15, -0.1) is 0 Å². The monoisotopic (exact) mass is 355 g/mol. The van der Waals surface area contributed by atoms with Gasteiger partial charge in [-0.3, -0.25) is 4.79 Å². The Morgan fingerprint density at radius 3 is 2.62 bits per heavy atom. The van der Waals surface area contributed by atoms with E-state index < -0.39 is 0 Å². The van der Waals surface area contributed by atoms with Crippen LogP contribution in [0.2, 0.25) is 0 Å². The fraction of sp³-hybridized carbons (Fsp3) is 0.562. The van der Waals surface area contributed by atoms with E-state index in [0.29, 0.717) is 22.7 Å². The topological polar surface area (TPSA) is 47.6 Å². The highest BCUT2D eigenvalue weighted by Crippen LogP contribution is 2.28. The van der Waals surface area contributed by atoms with E-state index in [1.165, 1.54) is 12.8 Å². The minimum Gasteiger partial charge on any atom is -0.493 e. The first-order valence-electron chi connectivity index (χ1n) is 7.28. The number of hydrogen-bond donors (Lipinski definition) is 1. The molecule has 2 unspecified atom stereocenters. The van der Waals surface area contributed by atoms with Crippen LogP contribution in [0.4, 0.5) is 0 Å². The van der Waals surface area contributed by atoms with Crippen LogP contribution in [0.5, 0.6) is 11.5 Å². The van der Waals surface area contributed by atoms with Gasteiger partial charge in [0.15, 0.2) is 11.5 Å². The maximum atomic E-state index is 12.2. The lowest BCUT2D eigenvalue weighted by atomic mass is 9.95. The molecule has 1 fully saturated rings. The van der Waals surface area contributed by atoms with Gasteiger partial charge in [-0.1, -0.05) is 34.8 Å². The van der Waals surface area contributed by atoms with Crippen LogP contribution in [0.15, 0.2) is 18.2 Å².